The van der Waals surface area contributed by atoms with Gasteiger partial charge in [-0.25, -0.2) is 4.98 Å². The summed E-state index contributed by atoms with van der Waals surface area (Å²) in [5.41, 5.74) is 3.38. The van der Waals surface area contributed by atoms with Gasteiger partial charge < -0.3 is 5.32 Å². The van der Waals surface area contributed by atoms with Crippen molar-refractivity contribution in [3.8, 4) is 0 Å². The molecule has 128 valence electrons. The maximum atomic E-state index is 12.7. The predicted molar refractivity (Wildman–Crippen MR) is 92.6 cm³/mol. The zero-order chi connectivity index (χ0) is 17.6. The van der Waals surface area contributed by atoms with E-state index in [4.69, 9.17) is 0 Å². The number of pyridine rings is 1. The van der Waals surface area contributed by atoms with Gasteiger partial charge in [0.1, 0.15) is 11.2 Å². The first-order chi connectivity index (χ1) is 12.1. The molecule has 0 radical (unpaired) electrons. The van der Waals surface area contributed by atoms with E-state index in [1.54, 1.807) is 24.4 Å². The molecule has 0 saturated heterocycles. The Kier molecular flexibility index (Phi) is 3.63. The minimum absolute atomic E-state index is 0.0531. The average molecular weight is 337 g/mol. The molecule has 3 aromatic heterocycles. The minimum atomic E-state index is -0.392. The number of rotatable bonds is 2. The van der Waals surface area contributed by atoms with Crippen LogP contribution in [-0.4, -0.2) is 25.1 Å². The van der Waals surface area contributed by atoms with Gasteiger partial charge in [0, 0.05) is 30.7 Å². The van der Waals surface area contributed by atoms with E-state index in [1.165, 1.54) is 10.6 Å². The smallest absolute Gasteiger partial charge is 0.270 e. The third-order valence-electron chi connectivity index (χ3n) is 4.81. The first kappa shape index (κ1) is 15.6. The molecule has 7 nitrogen and oxygen atoms in total. The number of hydrogen-bond donors (Lipinski definition) is 1. The Hall–Kier alpha value is -2.96. The molecular formula is C18H19N5O2. The number of hydrogen-bond acceptors (Lipinski definition) is 4. The van der Waals surface area contributed by atoms with E-state index < -0.39 is 5.91 Å². The number of fused-ring (bicyclic) bond motifs is 2. The van der Waals surface area contributed by atoms with Crippen LogP contribution in [0.2, 0.25) is 0 Å². The number of nitrogens with one attached hydrogen (secondary N) is 1. The summed E-state index contributed by atoms with van der Waals surface area (Å²) in [5.74, 6) is -0.392. The van der Waals surface area contributed by atoms with Crippen molar-refractivity contribution >= 4 is 11.6 Å². The lowest BCUT2D eigenvalue weighted by Gasteiger charge is -2.24. The van der Waals surface area contributed by atoms with Crippen molar-refractivity contribution in [3.05, 3.63) is 63.5 Å². The summed E-state index contributed by atoms with van der Waals surface area (Å²) >= 11 is 0. The summed E-state index contributed by atoms with van der Waals surface area (Å²) in [6, 6.07) is 5.15. The Morgan fingerprint density at radius 3 is 3.04 bits per heavy atom. The Morgan fingerprint density at radius 1 is 1.36 bits per heavy atom. The summed E-state index contributed by atoms with van der Waals surface area (Å²) in [7, 11) is 1.93. The molecule has 3 heterocycles. The van der Waals surface area contributed by atoms with Crippen LogP contribution in [0.5, 0.6) is 0 Å². The molecule has 0 aliphatic heterocycles. The third kappa shape index (κ3) is 2.52. The molecule has 3 aromatic rings. The van der Waals surface area contributed by atoms with Gasteiger partial charge >= 0.3 is 0 Å². The van der Waals surface area contributed by atoms with E-state index in [0.29, 0.717) is 5.65 Å². The molecule has 0 aromatic carbocycles. The summed E-state index contributed by atoms with van der Waals surface area (Å²) < 4.78 is 3.27. The van der Waals surface area contributed by atoms with Crippen LogP contribution in [0, 0.1) is 6.92 Å². The fraction of sp³-hybridized carbons (Fsp3) is 0.333. The van der Waals surface area contributed by atoms with Gasteiger partial charge in [0.2, 0.25) is 0 Å². The molecule has 0 fully saturated rings. The van der Waals surface area contributed by atoms with E-state index in [9.17, 15) is 9.59 Å². The fourth-order valence-corrected chi connectivity index (χ4v) is 3.65. The number of carbonyl (C=O) groups is 1. The van der Waals surface area contributed by atoms with Crippen molar-refractivity contribution in [2.75, 3.05) is 0 Å². The Morgan fingerprint density at radius 2 is 2.20 bits per heavy atom. The zero-order valence-corrected chi connectivity index (χ0v) is 14.2. The maximum Gasteiger partial charge on any atom is 0.270 e. The van der Waals surface area contributed by atoms with Gasteiger partial charge in [-0.3, -0.25) is 18.7 Å². The molecule has 1 atom stereocenters. The molecule has 1 aliphatic rings. The first-order valence-electron chi connectivity index (χ1n) is 8.36. The van der Waals surface area contributed by atoms with Crippen molar-refractivity contribution in [3.63, 3.8) is 0 Å². The standard InChI is InChI=1S/C18H19N5O2/c1-11-16-13(6-5-7-14(16)22(2)21-11)20-17(24)12-10-19-15-8-3-4-9-23(15)18(12)25/h3-4,8-10,13H,5-7H2,1-2H3,(H,20,24). The van der Waals surface area contributed by atoms with Crippen molar-refractivity contribution in [2.45, 2.75) is 32.2 Å². The van der Waals surface area contributed by atoms with Gasteiger partial charge in [-0.2, -0.15) is 5.10 Å². The average Bonchev–Trinajstić information content (AvgIpc) is 2.90. The van der Waals surface area contributed by atoms with Gasteiger partial charge in [0.25, 0.3) is 11.5 Å². The van der Waals surface area contributed by atoms with Gasteiger partial charge in [-0.15, -0.1) is 0 Å². The van der Waals surface area contributed by atoms with E-state index in [2.05, 4.69) is 15.4 Å². The predicted octanol–water partition coefficient (Wildman–Crippen LogP) is 1.54. The summed E-state index contributed by atoms with van der Waals surface area (Å²) in [6.45, 7) is 1.95. The second kappa shape index (κ2) is 5.84. The summed E-state index contributed by atoms with van der Waals surface area (Å²) in [6.07, 6.45) is 5.75. The summed E-state index contributed by atoms with van der Waals surface area (Å²) in [4.78, 5) is 29.5. The normalized spacial score (nSPS) is 16.6. The van der Waals surface area contributed by atoms with E-state index in [-0.39, 0.29) is 17.2 Å². The Bertz CT molecular complexity index is 1030. The lowest BCUT2D eigenvalue weighted by Crippen LogP contribution is -2.35. The number of nitrogens with zero attached hydrogens (tertiary/aromatic N) is 4. The van der Waals surface area contributed by atoms with E-state index >= 15 is 0 Å². The highest BCUT2D eigenvalue weighted by molar-refractivity contribution is 5.94. The summed E-state index contributed by atoms with van der Waals surface area (Å²) in [5, 5.41) is 7.47. The molecule has 1 amide bonds. The van der Waals surface area contributed by atoms with Crippen molar-refractivity contribution in [2.24, 2.45) is 7.05 Å². The monoisotopic (exact) mass is 337 g/mol. The molecule has 0 saturated carbocycles. The third-order valence-corrected chi connectivity index (χ3v) is 4.81. The lowest BCUT2D eigenvalue weighted by atomic mass is 9.91. The van der Waals surface area contributed by atoms with Crippen LogP contribution in [0.15, 0.2) is 35.4 Å². The first-order valence-corrected chi connectivity index (χ1v) is 8.36. The van der Waals surface area contributed by atoms with Crippen LogP contribution >= 0.6 is 0 Å². The molecule has 1 aliphatic carbocycles. The van der Waals surface area contributed by atoms with Crippen LogP contribution in [0.1, 0.15) is 46.2 Å². The number of aryl methyl sites for hydroxylation is 2. The van der Waals surface area contributed by atoms with E-state index in [0.717, 1.165) is 36.2 Å². The molecule has 0 bridgehead atoms. The SMILES string of the molecule is Cc1nn(C)c2c1C(NC(=O)c1cnc3ccccn3c1=O)CCC2. The minimum Gasteiger partial charge on any atom is -0.345 e. The molecule has 7 heteroatoms. The van der Waals surface area contributed by atoms with Gasteiger partial charge in [-0.05, 0) is 38.3 Å². The van der Waals surface area contributed by atoms with Gasteiger partial charge in [0.15, 0.2) is 0 Å². The number of amides is 1. The lowest BCUT2D eigenvalue weighted by molar-refractivity contribution is 0.0930. The molecule has 25 heavy (non-hydrogen) atoms. The van der Waals surface area contributed by atoms with Gasteiger partial charge in [-0.1, -0.05) is 6.07 Å². The van der Waals surface area contributed by atoms with Crippen molar-refractivity contribution in [1.82, 2.24) is 24.5 Å². The van der Waals surface area contributed by atoms with Crippen LogP contribution in [0.25, 0.3) is 5.65 Å². The van der Waals surface area contributed by atoms with Crippen molar-refractivity contribution in [1.29, 1.82) is 0 Å². The van der Waals surface area contributed by atoms with Crippen LogP contribution in [0.3, 0.4) is 0 Å². The zero-order valence-electron chi connectivity index (χ0n) is 14.2. The Labute approximate surface area is 144 Å². The molecule has 4 rings (SSSR count). The molecule has 1 unspecified atom stereocenters. The molecule has 1 N–H and O–H groups in total. The quantitative estimate of drug-likeness (QED) is 0.769. The van der Waals surface area contributed by atoms with Crippen LogP contribution < -0.4 is 10.9 Å². The molecule has 0 spiro atoms. The highest BCUT2D eigenvalue weighted by atomic mass is 16.2. The van der Waals surface area contributed by atoms with Crippen LogP contribution in [-0.2, 0) is 13.5 Å². The van der Waals surface area contributed by atoms with Crippen LogP contribution in [0.4, 0.5) is 0 Å². The number of aromatic nitrogens is 4. The number of carbonyl (C=O) groups excluding carboxylic acids is 1. The highest BCUT2D eigenvalue weighted by Crippen LogP contribution is 2.31. The second-order valence-electron chi connectivity index (χ2n) is 6.39. The highest BCUT2D eigenvalue weighted by Gasteiger charge is 2.28. The second-order valence-corrected chi connectivity index (χ2v) is 6.39. The fourth-order valence-electron chi connectivity index (χ4n) is 3.65. The Balaban J connectivity index is 1.68. The molecular weight excluding hydrogens is 318 g/mol. The maximum absolute atomic E-state index is 12.7. The topological polar surface area (TPSA) is 81.3 Å². The van der Waals surface area contributed by atoms with Crippen molar-refractivity contribution < 1.29 is 4.79 Å². The van der Waals surface area contributed by atoms with E-state index in [1.807, 2.05) is 18.7 Å². The largest absolute Gasteiger partial charge is 0.345 e. The van der Waals surface area contributed by atoms with Gasteiger partial charge in [0.05, 0.1) is 11.7 Å².